The highest BCUT2D eigenvalue weighted by Gasteiger charge is 2.23. The summed E-state index contributed by atoms with van der Waals surface area (Å²) in [6.45, 7) is -2.63. The van der Waals surface area contributed by atoms with E-state index in [1.165, 1.54) is 7.11 Å². The monoisotopic (exact) mass is 332 g/mol. The first-order valence-corrected chi connectivity index (χ1v) is 8.81. The molecule has 100 valence electrons. The van der Waals surface area contributed by atoms with Gasteiger partial charge in [-0.3, -0.25) is 0 Å². The van der Waals surface area contributed by atoms with E-state index in [1.807, 2.05) is 30.3 Å². The number of halogens is 2. The molecule has 0 amide bonds. The van der Waals surface area contributed by atoms with E-state index in [0.29, 0.717) is 15.8 Å². The molecule has 6 heteroatoms. The van der Waals surface area contributed by atoms with Crippen LogP contribution in [0.5, 0.6) is 5.75 Å². The third-order valence-corrected chi connectivity index (χ3v) is 6.40. The Bertz CT molecular complexity index is 619. The van der Waals surface area contributed by atoms with Crippen LogP contribution in [-0.2, 0) is 16.3 Å². The van der Waals surface area contributed by atoms with E-state index in [1.54, 1.807) is 18.2 Å². The molecule has 2 aromatic rings. The van der Waals surface area contributed by atoms with Gasteiger partial charge in [0.2, 0.25) is 0 Å². The predicted molar refractivity (Wildman–Crippen MR) is 84.5 cm³/mol. The Morgan fingerprint density at radius 3 is 2.32 bits per heavy atom. The Kier molecular flexibility index (Phi) is 4.88. The van der Waals surface area contributed by atoms with Crippen LogP contribution in [0.3, 0.4) is 0 Å². The summed E-state index contributed by atoms with van der Waals surface area (Å²) in [4.78, 5) is 0. The fourth-order valence-corrected chi connectivity index (χ4v) is 3.82. The molecule has 1 atom stereocenters. The van der Waals surface area contributed by atoms with Gasteiger partial charge < -0.3 is 9.05 Å². The summed E-state index contributed by atoms with van der Waals surface area (Å²) in [5.74, 6) is 0.434. The van der Waals surface area contributed by atoms with Crippen LogP contribution < -0.4 is 9.83 Å². The summed E-state index contributed by atoms with van der Waals surface area (Å²) < 4.78 is 11.3. The second kappa shape index (κ2) is 6.25. The molecule has 1 unspecified atom stereocenters. The van der Waals surface area contributed by atoms with Gasteiger partial charge in [-0.15, -0.1) is 0 Å². The summed E-state index contributed by atoms with van der Waals surface area (Å²) in [5.41, 5.74) is 0. The zero-order valence-corrected chi connectivity index (χ0v) is 13.3. The Morgan fingerprint density at radius 1 is 1.00 bits per heavy atom. The molecule has 0 aliphatic rings. The molecule has 0 spiro atoms. The molecular formula is C13H11Cl2O2PS. The highest BCUT2D eigenvalue weighted by atomic mass is 35.5. The Labute approximate surface area is 127 Å². The number of benzene rings is 2. The lowest BCUT2D eigenvalue weighted by atomic mass is 10.3. The fourth-order valence-electron chi connectivity index (χ4n) is 1.49. The Balaban J connectivity index is 2.39. The van der Waals surface area contributed by atoms with Crippen LogP contribution in [0.4, 0.5) is 0 Å². The minimum atomic E-state index is -2.63. The van der Waals surface area contributed by atoms with Gasteiger partial charge in [0.1, 0.15) is 10.8 Å². The minimum Gasteiger partial charge on any atom is -0.439 e. The van der Waals surface area contributed by atoms with Crippen LogP contribution in [-0.4, -0.2) is 7.11 Å². The third kappa shape index (κ3) is 3.31. The number of rotatable bonds is 4. The molecule has 0 aliphatic heterocycles. The molecule has 0 saturated carbocycles. The van der Waals surface area contributed by atoms with E-state index in [2.05, 4.69) is 0 Å². The van der Waals surface area contributed by atoms with Crippen molar-refractivity contribution in [1.82, 2.24) is 0 Å². The molecule has 2 rings (SSSR count). The maximum Gasteiger partial charge on any atom is 0.268 e. The van der Waals surface area contributed by atoms with Gasteiger partial charge in [-0.25, -0.2) is 0 Å². The van der Waals surface area contributed by atoms with Crippen molar-refractivity contribution in [1.29, 1.82) is 0 Å². The largest absolute Gasteiger partial charge is 0.439 e. The zero-order chi connectivity index (χ0) is 13.9. The van der Waals surface area contributed by atoms with Crippen molar-refractivity contribution in [2.24, 2.45) is 0 Å². The van der Waals surface area contributed by atoms with E-state index in [0.717, 1.165) is 5.30 Å². The lowest BCUT2D eigenvalue weighted by molar-refractivity contribution is 0.402. The SMILES string of the molecule is COP(=S)(Oc1cccc(Cl)c1Cl)c1ccccc1. The van der Waals surface area contributed by atoms with Gasteiger partial charge >= 0.3 is 0 Å². The van der Waals surface area contributed by atoms with Crippen molar-refractivity contribution in [2.45, 2.75) is 0 Å². The van der Waals surface area contributed by atoms with E-state index >= 15 is 0 Å². The molecule has 0 N–H and O–H groups in total. The molecule has 2 aromatic carbocycles. The van der Waals surface area contributed by atoms with E-state index < -0.39 is 6.49 Å². The van der Waals surface area contributed by atoms with Gasteiger partial charge in [0.15, 0.2) is 0 Å². The molecule has 0 aliphatic carbocycles. The molecule has 19 heavy (non-hydrogen) atoms. The summed E-state index contributed by atoms with van der Waals surface area (Å²) in [6.07, 6.45) is 0. The second-order valence-corrected chi connectivity index (χ2v) is 7.95. The van der Waals surface area contributed by atoms with Crippen molar-refractivity contribution < 1.29 is 9.05 Å². The maximum absolute atomic E-state index is 6.10. The van der Waals surface area contributed by atoms with E-state index in [4.69, 9.17) is 44.1 Å². The van der Waals surface area contributed by atoms with Gasteiger partial charge in [0.05, 0.1) is 5.02 Å². The predicted octanol–water partition coefficient (Wildman–Crippen LogP) is 4.65. The maximum atomic E-state index is 6.10. The van der Waals surface area contributed by atoms with Crippen LogP contribution >= 0.6 is 29.7 Å². The molecule has 2 nitrogen and oxygen atoms in total. The van der Waals surface area contributed by atoms with Crippen LogP contribution in [0.15, 0.2) is 48.5 Å². The van der Waals surface area contributed by atoms with E-state index in [9.17, 15) is 0 Å². The first-order valence-electron chi connectivity index (χ1n) is 5.42. The summed E-state index contributed by atoms with van der Waals surface area (Å²) in [7, 11) is 1.53. The quantitative estimate of drug-likeness (QED) is 0.759. The topological polar surface area (TPSA) is 18.5 Å². The first-order chi connectivity index (χ1) is 9.07. The smallest absolute Gasteiger partial charge is 0.268 e. The zero-order valence-electron chi connectivity index (χ0n) is 10.0. The molecule has 0 saturated heterocycles. The van der Waals surface area contributed by atoms with E-state index in [-0.39, 0.29) is 0 Å². The summed E-state index contributed by atoms with van der Waals surface area (Å²) in [6, 6.07) is 14.6. The Morgan fingerprint density at radius 2 is 1.68 bits per heavy atom. The standard InChI is InChI=1S/C13H11Cl2O2PS/c1-16-18(19,10-6-3-2-4-7-10)17-12-9-5-8-11(14)13(12)15/h2-9H,1H3. The van der Waals surface area contributed by atoms with Gasteiger partial charge in [-0.2, -0.15) is 0 Å². The second-order valence-electron chi connectivity index (χ2n) is 3.66. The molecule has 0 radical (unpaired) electrons. The van der Waals surface area contributed by atoms with Crippen molar-refractivity contribution in [3.05, 3.63) is 58.6 Å². The normalized spacial score (nSPS) is 13.8. The average Bonchev–Trinajstić information content (AvgIpc) is 2.45. The summed E-state index contributed by atoms with van der Waals surface area (Å²) in [5, 5.41) is 1.58. The number of hydrogen-bond donors (Lipinski definition) is 0. The van der Waals surface area contributed by atoms with Crippen LogP contribution in [0, 0.1) is 0 Å². The lowest BCUT2D eigenvalue weighted by Crippen LogP contribution is -2.10. The highest BCUT2D eigenvalue weighted by molar-refractivity contribution is 8.13. The third-order valence-electron chi connectivity index (χ3n) is 2.45. The van der Waals surface area contributed by atoms with Crippen LogP contribution in [0.25, 0.3) is 0 Å². The van der Waals surface area contributed by atoms with Crippen LogP contribution in [0.2, 0.25) is 10.0 Å². The first kappa shape index (κ1) is 14.8. The minimum absolute atomic E-state index is 0.339. The highest BCUT2D eigenvalue weighted by Crippen LogP contribution is 2.49. The van der Waals surface area contributed by atoms with Crippen molar-refractivity contribution in [2.75, 3.05) is 7.11 Å². The summed E-state index contributed by atoms with van der Waals surface area (Å²) >= 11 is 17.6. The molecule has 0 aromatic heterocycles. The van der Waals surface area contributed by atoms with Gasteiger partial charge in [-0.05, 0) is 36.1 Å². The van der Waals surface area contributed by atoms with Crippen molar-refractivity contribution >= 4 is 46.8 Å². The van der Waals surface area contributed by atoms with Gasteiger partial charge in [-0.1, -0.05) is 47.5 Å². The van der Waals surface area contributed by atoms with Gasteiger partial charge in [0, 0.05) is 12.4 Å². The number of hydrogen-bond acceptors (Lipinski definition) is 3. The van der Waals surface area contributed by atoms with Crippen molar-refractivity contribution in [3.63, 3.8) is 0 Å². The molecule has 0 fully saturated rings. The fraction of sp³-hybridized carbons (Fsp3) is 0.0769. The Hall–Kier alpha value is -0.570. The molecule has 0 bridgehead atoms. The molecular weight excluding hydrogens is 322 g/mol. The van der Waals surface area contributed by atoms with Gasteiger partial charge in [0.25, 0.3) is 6.49 Å². The molecule has 0 heterocycles. The van der Waals surface area contributed by atoms with Crippen molar-refractivity contribution in [3.8, 4) is 5.75 Å². The lowest BCUT2D eigenvalue weighted by Gasteiger charge is -2.22. The van der Waals surface area contributed by atoms with Crippen LogP contribution in [0.1, 0.15) is 0 Å². The average molecular weight is 333 g/mol.